The van der Waals surface area contributed by atoms with Crippen molar-refractivity contribution in [1.82, 2.24) is 0 Å². The fourth-order valence-electron chi connectivity index (χ4n) is 3.02. The topological polar surface area (TPSA) is 63.6 Å². The van der Waals surface area contributed by atoms with Gasteiger partial charge in [-0.15, -0.1) is 0 Å². The van der Waals surface area contributed by atoms with Crippen LogP contribution in [-0.4, -0.2) is 23.1 Å². The first-order valence-electron chi connectivity index (χ1n) is 10.5. The molecule has 0 bridgehead atoms. The zero-order chi connectivity index (χ0) is 18.8. The Kier molecular flexibility index (Phi) is 17.0. The third kappa shape index (κ3) is 17.6. The van der Waals surface area contributed by atoms with Gasteiger partial charge in [-0.3, -0.25) is 9.59 Å². The second-order valence-electron chi connectivity index (χ2n) is 7.14. The second-order valence-corrected chi connectivity index (χ2v) is 7.14. The number of aliphatic carboxylic acids is 1. The summed E-state index contributed by atoms with van der Waals surface area (Å²) >= 11 is 0. The van der Waals surface area contributed by atoms with Crippen molar-refractivity contribution in [3.63, 3.8) is 0 Å². The fraction of sp³-hybridized carbons (Fsp3) is 0.905. The molecule has 1 atom stereocenters. The van der Waals surface area contributed by atoms with Gasteiger partial charge in [0.15, 0.2) is 0 Å². The van der Waals surface area contributed by atoms with Gasteiger partial charge in [0, 0.05) is 6.42 Å². The van der Waals surface area contributed by atoms with Gasteiger partial charge in [0.2, 0.25) is 0 Å². The maximum Gasteiger partial charge on any atom is 0.307 e. The highest BCUT2D eigenvalue weighted by molar-refractivity contribution is 5.71. The molecule has 0 aliphatic rings. The van der Waals surface area contributed by atoms with Gasteiger partial charge >= 0.3 is 11.9 Å². The molecule has 4 nitrogen and oxygen atoms in total. The van der Waals surface area contributed by atoms with E-state index in [1.54, 1.807) is 0 Å². The largest absolute Gasteiger partial charge is 0.481 e. The summed E-state index contributed by atoms with van der Waals surface area (Å²) in [5.41, 5.74) is 0. The quantitative estimate of drug-likeness (QED) is 0.232. The van der Waals surface area contributed by atoms with Crippen LogP contribution in [0.2, 0.25) is 0 Å². The molecule has 0 radical (unpaired) electrons. The molecule has 0 rings (SSSR count). The van der Waals surface area contributed by atoms with Gasteiger partial charge in [-0.05, 0) is 19.3 Å². The number of carboxylic acid groups (broad SMARTS) is 1. The Morgan fingerprint density at radius 2 is 1.24 bits per heavy atom. The van der Waals surface area contributed by atoms with Crippen molar-refractivity contribution < 1.29 is 19.4 Å². The second kappa shape index (κ2) is 17.8. The van der Waals surface area contributed by atoms with E-state index in [9.17, 15) is 9.59 Å². The lowest BCUT2D eigenvalue weighted by molar-refractivity contribution is -0.153. The number of ether oxygens (including phenoxy) is 1. The van der Waals surface area contributed by atoms with Crippen LogP contribution in [-0.2, 0) is 14.3 Å². The molecule has 1 N–H and O–H groups in total. The number of hydrogen-bond acceptors (Lipinski definition) is 3. The van der Waals surface area contributed by atoms with Crippen molar-refractivity contribution in [3.8, 4) is 0 Å². The smallest absolute Gasteiger partial charge is 0.307 e. The van der Waals surface area contributed by atoms with E-state index in [1.165, 1.54) is 57.8 Å². The zero-order valence-electron chi connectivity index (χ0n) is 16.6. The van der Waals surface area contributed by atoms with Crippen molar-refractivity contribution in [1.29, 1.82) is 0 Å². The molecule has 0 saturated carbocycles. The Morgan fingerprint density at radius 3 is 1.76 bits per heavy atom. The maximum atomic E-state index is 11.9. The van der Waals surface area contributed by atoms with Gasteiger partial charge in [0.1, 0.15) is 6.10 Å². The van der Waals surface area contributed by atoms with Crippen LogP contribution < -0.4 is 0 Å². The highest BCUT2D eigenvalue weighted by Crippen LogP contribution is 2.15. The van der Waals surface area contributed by atoms with Crippen LogP contribution >= 0.6 is 0 Å². The van der Waals surface area contributed by atoms with Crippen LogP contribution in [0, 0.1) is 0 Å². The van der Waals surface area contributed by atoms with E-state index < -0.39 is 12.1 Å². The van der Waals surface area contributed by atoms with Crippen molar-refractivity contribution >= 4 is 11.9 Å². The van der Waals surface area contributed by atoms with E-state index in [0.29, 0.717) is 12.8 Å². The zero-order valence-corrected chi connectivity index (χ0v) is 16.6. The van der Waals surface area contributed by atoms with Gasteiger partial charge in [-0.2, -0.15) is 0 Å². The van der Waals surface area contributed by atoms with Crippen molar-refractivity contribution in [2.75, 3.05) is 0 Å². The SMILES string of the molecule is CCCCCCCCCCC(=O)OC(CCCCCCC)CC(=O)O. The molecule has 0 heterocycles. The predicted octanol–water partition coefficient (Wildman–Crippen LogP) is 6.26. The summed E-state index contributed by atoms with van der Waals surface area (Å²) in [6.45, 7) is 4.38. The first-order chi connectivity index (χ1) is 12.1. The number of rotatable bonds is 18. The molecule has 0 aromatic heterocycles. The summed E-state index contributed by atoms with van der Waals surface area (Å²) in [6, 6.07) is 0. The van der Waals surface area contributed by atoms with E-state index >= 15 is 0 Å². The Hall–Kier alpha value is -1.06. The molecule has 0 amide bonds. The van der Waals surface area contributed by atoms with Crippen molar-refractivity contribution in [2.24, 2.45) is 0 Å². The monoisotopic (exact) mass is 356 g/mol. The standard InChI is InChI=1S/C21H40O4/c1-3-5-7-9-10-11-13-15-17-21(24)25-19(18-20(22)23)16-14-12-8-6-4-2/h19H,3-18H2,1-2H3,(H,22,23). The van der Waals surface area contributed by atoms with Crippen molar-refractivity contribution in [2.45, 2.75) is 123 Å². The minimum absolute atomic E-state index is 0.0725. The summed E-state index contributed by atoms with van der Waals surface area (Å²) in [7, 11) is 0. The molecule has 4 heteroatoms. The number of unbranched alkanes of at least 4 members (excludes halogenated alkanes) is 11. The molecule has 25 heavy (non-hydrogen) atoms. The van der Waals surface area contributed by atoms with Crippen LogP contribution in [0.1, 0.15) is 117 Å². The van der Waals surface area contributed by atoms with Crippen LogP contribution in [0.5, 0.6) is 0 Å². The fourth-order valence-corrected chi connectivity index (χ4v) is 3.02. The molecule has 0 saturated heterocycles. The van der Waals surface area contributed by atoms with Crippen LogP contribution in [0.4, 0.5) is 0 Å². The number of hydrogen-bond donors (Lipinski definition) is 1. The van der Waals surface area contributed by atoms with E-state index in [4.69, 9.17) is 9.84 Å². The average molecular weight is 357 g/mol. The normalized spacial score (nSPS) is 12.1. The highest BCUT2D eigenvalue weighted by atomic mass is 16.5. The van der Waals surface area contributed by atoms with Crippen LogP contribution in [0.25, 0.3) is 0 Å². The molecule has 0 aromatic rings. The molecule has 0 spiro atoms. The molecule has 0 aliphatic heterocycles. The minimum Gasteiger partial charge on any atom is -0.481 e. The Bertz CT molecular complexity index is 328. The number of esters is 1. The molecule has 148 valence electrons. The summed E-state index contributed by atoms with van der Waals surface area (Å²) in [5, 5.41) is 8.98. The molecular formula is C21H40O4. The highest BCUT2D eigenvalue weighted by Gasteiger charge is 2.17. The van der Waals surface area contributed by atoms with Gasteiger partial charge in [-0.1, -0.05) is 84.5 Å². The lowest BCUT2D eigenvalue weighted by Crippen LogP contribution is -2.21. The first kappa shape index (κ1) is 23.9. The van der Waals surface area contributed by atoms with Gasteiger partial charge in [0.05, 0.1) is 6.42 Å². The summed E-state index contributed by atoms with van der Waals surface area (Å²) in [5.74, 6) is -1.12. The van der Waals surface area contributed by atoms with E-state index in [0.717, 1.165) is 25.7 Å². The third-order valence-corrected chi connectivity index (χ3v) is 4.56. The van der Waals surface area contributed by atoms with Crippen molar-refractivity contribution in [3.05, 3.63) is 0 Å². The number of carbonyl (C=O) groups is 2. The number of carbonyl (C=O) groups excluding carboxylic acids is 1. The number of carboxylic acids is 1. The molecule has 0 aliphatic carbocycles. The lowest BCUT2D eigenvalue weighted by atomic mass is 10.1. The van der Waals surface area contributed by atoms with Gasteiger partial charge in [0.25, 0.3) is 0 Å². The Labute approximate surface area is 154 Å². The van der Waals surface area contributed by atoms with Gasteiger partial charge < -0.3 is 9.84 Å². The Balaban J connectivity index is 3.79. The third-order valence-electron chi connectivity index (χ3n) is 4.56. The van der Waals surface area contributed by atoms with Crippen LogP contribution in [0.3, 0.4) is 0 Å². The summed E-state index contributed by atoms with van der Waals surface area (Å²) < 4.78 is 5.41. The molecule has 0 aromatic carbocycles. The minimum atomic E-state index is -0.890. The van der Waals surface area contributed by atoms with E-state index in [1.807, 2.05) is 0 Å². The first-order valence-corrected chi connectivity index (χ1v) is 10.5. The maximum absolute atomic E-state index is 11.9. The van der Waals surface area contributed by atoms with Gasteiger partial charge in [-0.25, -0.2) is 0 Å². The molecular weight excluding hydrogens is 316 g/mol. The lowest BCUT2D eigenvalue weighted by Gasteiger charge is -2.16. The van der Waals surface area contributed by atoms with E-state index in [2.05, 4.69) is 13.8 Å². The predicted molar refractivity (Wildman–Crippen MR) is 103 cm³/mol. The van der Waals surface area contributed by atoms with E-state index in [-0.39, 0.29) is 12.4 Å². The van der Waals surface area contributed by atoms with Crippen LogP contribution in [0.15, 0.2) is 0 Å². The Morgan fingerprint density at radius 1 is 0.760 bits per heavy atom. The average Bonchev–Trinajstić information content (AvgIpc) is 2.56. The molecule has 1 unspecified atom stereocenters. The summed E-state index contributed by atoms with van der Waals surface area (Å²) in [4.78, 5) is 22.9. The molecule has 0 fully saturated rings. The summed E-state index contributed by atoms with van der Waals surface area (Å²) in [6.07, 6.45) is 15.6.